The molecule has 0 amide bonds. The van der Waals surface area contributed by atoms with E-state index in [2.05, 4.69) is 37.3 Å². The fourth-order valence-electron chi connectivity index (χ4n) is 1.06. The van der Waals surface area contributed by atoms with Gasteiger partial charge in [0.1, 0.15) is 0 Å². The minimum atomic E-state index is 0.302. The van der Waals surface area contributed by atoms with E-state index in [4.69, 9.17) is 11.6 Å². The quantitative estimate of drug-likeness (QED) is 0.570. The monoisotopic (exact) mass is 274 g/mol. The van der Waals surface area contributed by atoms with Crippen molar-refractivity contribution >= 4 is 31.0 Å². The Labute approximate surface area is 97.5 Å². The van der Waals surface area contributed by atoms with Gasteiger partial charge in [-0.25, -0.2) is 0 Å². The van der Waals surface area contributed by atoms with Crippen LogP contribution in [-0.2, 0) is 0 Å². The van der Waals surface area contributed by atoms with Crippen molar-refractivity contribution in [1.29, 1.82) is 0 Å². The SMILES string of the molecule is CCCC/C=C(\Cl)[Se]c1ccccc1. The molecule has 1 aromatic rings. The van der Waals surface area contributed by atoms with Crippen LogP contribution in [0.4, 0.5) is 0 Å². The number of allylic oxidation sites excluding steroid dienone is 1. The van der Waals surface area contributed by atoms with Crippen LogP contribution in [0.15, 0.2) is 40.3 Å². The van der Waals surface area contributed by atoms with E-state index in [1.807, 2.05) is 6.07 Å². The van der Waals surface area contributed by atoms with Crippen molar-refractivity contribution in [2.75, 3.05) is 0 Å². The fraction of sp³-hybridized carbons (Fsp3) is 0.333. The summed E-state index contributed by atoms with van der Waals surface area (Å²) in [4.78, 5) is 0. The van der Waals surface area contributed by atoms with Crippen LogP contribution in [0.1, 0.15) is 26.2 Å². The molecule has 1 rings (SSSR count). The second kappa shape index (κ2) is 7.11. The van der Waals surface area contributed by atoms with Crippen LogP contribution in [0.25, 0.3) is 0 Å². The molecule has 0 aliphatic carbocycles. The van der Waals surface area contributed by atoms with E-state index in [9.17, 15) is 0 Å². The molecule has 0 atom stereocenters. The van der Waals surface area contributed by atoms with Gasteiger partial charge in [0.05, 0.1) is 0 Å². The number of rotatable bonds is 5. The molecule has 2 heteroatoms. The average Bonchev–Trinajstić information content (AvgIpc) is 2.20. The normalized spacial score (nSPS) is 11.7. The van der Waals surface area contributed by atoms with Gasteiger partial charge in [0.2, 0.25) is 0 Å². The van der Waals surface area contributed by atoms with Crippen molar-refractivity contribution in [3.63, 3.8) is 0 Å². The van der Waals surface area contributed by atoms with E-state index in [0.717, 1.165) is 10.4 Å². The first-order chi connectivity index (χ1) is 6.83. The van der Waals surface area contributed by atoms with Gasteiger partial charge in [0.25, 0.3) is 0 Å². The predicted octanol–water partition coefficient (Wildman–Crippen LogP) is 3.29. The number of hydrogen-bond acceptors (Lipinski definition) is 0. The molecule has 0 N–H and O–H groups in total. The Morgan fingerprint density at radius 1 is 1.36 bits per heavy atom. The fourth-order valence-corrected chi connectivity index (χ4v) is 3.14. The number of halogens is 1. The second-order valence-electron chi connectivity index (χ2n) is 3.07. The van der Waals surface area contributed by atoms with E-state index in [-0.39, 0.29) is 0 Å². The third-order valence-electron chi connectivity index (χ3n) is 1.82. The Morgan fingerprint density at radius 2 is 2.07 bits per heavy atom. The first-order valence-corrected chi connectivity index (χ1v) is 7.00. The number of unbranched alkanes of at least 4 members (excludes halogenated alkanes) is 2. The summed E-state index contributed by atoms with van der Waals surface area (Å²) in [6.07, 6.45) is 5.75. The average molecular weight is 274 g/mol. The zero-order valence-corrected chi connectivity index (χ0v) is 10.8. The molecule has 0 aromatic heterocycles. The molecule has 0 aliphatic heterocycles. The molecule has 0 nitrogen and oxygen atoms in total. The van der Waals surface area contributed by atoms with E-state index >= 15 is 0 Å². The van der Waals surface area contributed by atoms with Crippen LogP contribution in [0.2, 0.25) is 0 Å². The van der Waals surface area contributed by atoms with Crippen molar-refractivity contribution in [2.45, 2.75) is 26.2 Å². The van der Waals surface area contributed by atoms with Gasteiger partial charge >= 0.3 is 97.5 Å². The first-order valence-electron chi connectivity index (χ1n) is 4.91. The zero-order chi connectivity index (χ0) is 10.2. The Kier molecular flexibility index (Phi) is 6.02. The topological polar surface area (TPSA) is 0 Å². The molecule has 1 aromatic carbocycles. The Bertz CT molecular complexity index is 280. The van der Waals surface area contributed by atoms with Gasteiger partial charge < -0.3 is 0 Å². The third-order valence-corrected chi connectivity index (χ3v) is 4.20. The molecule has 0 saturated heterocycles. The van der Waals surface area contributed by atoms with E-state index in [1.165, 1.54) is 17.3 Å². The van der Waals surface area contributed by atoms with Crippen LogP contribution in [0, 0.1) is 0 Å². The van der Waals surface area contributed by atoms with Crippen LogP contribution in [-0.4, -0.2) is 15.0 Å². The molecule has 0 saturated carbocycles. The summed E-state index contributed by atoms with van der Waals surface area (Å²) in [6.45, 7) is 2.20. The molecule has 0 radical (unpaired) electrons. The van der Waals surface area contributed by atoms with Gasteiger partial charge in [-0.1, -0.05) is 0 Å². The first kappa shape index (κ1) is 11.8. The maximum atomic E-state index is 6.14. The molecule has 0 unspecified atom stereocenters. The summed E-state index contributed by atoms with van der Waals surface area (Å²) in [5.74, 6) is 0. The Hall–Kier alpha value is -0.231. The number of benzene rings is 1. The molecule has 0 spiro atoms. The van der Waals surface area contributed by atoms with Gasteiger partial charge in [-0.3, -0.25) is 0 Å². The van der Waals surface area contributed by atoms with Crippen molar-refractivity contribution in [2.24, 2.45) is 0 Å². The van der Waals surface area contributed by atoms with Crippen LogP contribution in [0.5, 0.6) is 0 Å². The van der Waals surface area contributed by atoms with E-state index in [0.29, 0.717) is 15.0 Å². The third kappa shape index (κ3) is 4.85. The summed E-state index contributed by atoms with van der Waals surface area (Å²) >= 11 is 6.44. The molecule has 0 bridgehead atoms. The Morgan fingerprint density at radius 3 is 2.71 bits per heavy atom. The van der Waals surface area contributed by atoms with E-state index in [1.54, 1.807) is 0 Å². The van der Waals surface area contributed by atoms with Crippen LogP contribution >= 0.6 is 11.6 Å². The molecule has 0 aliphatic rings. The maximum absolute atomic E-state index is 6.14. The van der Waals surface area contributed by atoms with Gasteiger partial charge in [0.15, 0.2) is 0 Å². The number of hydrogen-bond donors (Lipinski definition) is 0. The standard InChI is InChI=1S/C12H15ClSe/c1-2-3-5-10-12(13)14-11-8-6-4-7-9-11/h4,6-10H,2-3,5H2,1H3/b12-10+. The summed E-state index contributed by atoms with van der Waals surface area (Å²) in [5, 5.41) is 0. The van der Waals surface area contributed by atoms with Gasteiger partial charge in [-0.2, -0.15) is 0 Å². The zero-order valence-electron chi connectivity index (χ0n) is 8.37. The van der Waals surface area contributed by atoms with Gasteiger partial charge in [-0.05, 0) is 0 Å². The molecule has 0 fully saturated rings. The van der Waals surface area contributed by atoms with E-state index < -0.39 is 0 Å². The van der Waals surface area contributed by atoms with Crippen molar-refractivity contribution < 1.29 is 0 Å². The molecular weight excluding hydrogens is 259 g/mol. The summed E-state index contributed by atoms with van der Waals surface area (Å²) < 4.78 is 2.37. The molecule has 76 valence electrons. The molecule has 0 heterocycles. The summed E-state index contributed by atoms with van der Waals surface area (Å²) in [5.41, 5.74) is 0. The van der Waals surface area contributed by atoms with Crippen LogP contribution in [0.3, 0.4) is 0 Å². The Balaban J connectivity index is 2.40. The van der Waals surface area contributed by atoms with Gasteiger partial charge in [-0.15, -0.1) is 0 Å². The second-order valence-corrected chi connectivity index (χ2v) is 6.32. The molecular formula is C12H15ClSe. The molecule has 14 heavy (non-hydrogen) atoms. The van der Waals surface area contributed by atoms with Crippen LogP contribution < -0.4 is 4.46 Å². The van der Waals surface area contributed by atoms with Gasteiger partial charge in [0, 0.05) is 0 Å². The summed E-state index contributed by atoms with van der Waals surface area (Å²) in [6, 6.07) is 10.4. The minimum absolute atomic E-state index is 0.302. The predicted molar refractivity (Wildman–Crippen MR) is 65.3 cm³/mol. The summed E-state index contributed by atoms with van der Waals surface area (Å²) in [7, 11) is 0. The van der Waals surface area contributed by atoms with Crippen molar-refractivity contribution in [3.05, 3.63) is 40.3 Å². The van der Waals surface area contributed by atoms with Crippen molar-refractivity contribution in [1.82, 2.24) is 0 Å². The van der Waals surface area contributed by atoms with Crippen molar-refractivity contribution in [3.8, 4) is 0 Å².